The van der Waals surface area contributed by atoms with Crippen molar-refractivity contribution in [3.63, 3.8) is 0 Å². The molecule has 0 bridgehead atoms. The van der Waals surface area contributed by atoms with Gasteiger partial charge >= 0.3 is 0 Å². The Kier molecular flexibility index (Phi) is 5.11. The monoisotopic (exact) mass is 270 g/mol. The molecular formula is C13H19ClN2O2. The standard InChI is InChI=1S/C13H19ClN2O2/c1-17-11-2-3-12(14)13(10-11)15-4-5-16-6-8-18-9-7-16/h2-3,10,15H,4-9H2,1H3. The van der Waals surface area contributed by atoms with E-state index in [1.54, 1.807) is 7.11 Å². The van der Waals surface area contributed by atoms with Gasteiger partial charge in [0.05, 0.1) is 31.0 Å². The second kappa shape index (κ2) is 6.83. The van der Waals surface area contributed by atoms with Crippen LogP contribution in [0.2, 0.25) is 5.02 Å². The number of methoxy groups -OCH3 is 1. The second-order valence-corrected chi connectivity index (χ2v) is 4.63. The van der Waals surface area contributed by atoms with E-state index in [4.69, 9.17) is 21.1 Å². The quantitative estimate of drug-likeness (QED) is 0.888. The number of nitrogens with one attached hydrogen (secondary N) is 1. The van der Waals surface area contributed by atoms with E-state index in [0.717, 1.165) is 55.9 Å². The number of nitrogens with zero attached hydrogens (tertiary/aromatic N) is 1. The van der Waals surface area contributed by atoms with Crippen LogP contribution in [-0.2, 0) is 4.74 Å². The molecule has 0 spiro atoms. The number of morpholine rings is 1. The topological polar surface area (TPSA) is 33.7 Å². The van der Waals surface area contributed by atoms with Gasteiger partial charge in [-0.05, 0) is 12.1 Å². The highest BCUT2D eigenvalue weighted by Crippen LogP contribution is 2.26. The van der Waals surface area contributed by atoms with E-state index in [9.17, 15) is 0 Å². The maximum absolute atomic E-state index is 6.12. The molecule has 100 valence electrons. The Morgan fingerprint density at radius 3 is 2.89 bits per heavy atom. The molecule has 1 aromatic rings. The van der Waals surface area contributed by atoms with Crippen LogP contribution in [-0.4, -0.2) is 51.4 Å². The zero-order chi connectivity index (χ0) is 12.8. The SMILES string of the molecule is COc1ccc(Cl)c(NCCN2CCOCC2)c1. The molecule has 0 radical (unpaired) electrons. The van der Waals surface area contributed by atoms with E-state index in [0.29, 0.717) is 0 Å². The molecule has 1 saturated heterocycles. The summed E-state index contributed by atoms with van der Waals surface area (Å²) in [6.45, 7) is 5.55. The Labute approximate surface area is 113 Å². The number of benzene rings is 1. The van der Waals surface area contributed by atoms with Crippen molar-refractivity contribution in [3.05, 3.63) is 23.2 Å². The van der Waals surface area contributed by atoms with Gasteiger partial charge in [-0.15, -0.1) is 0 Å². The predicted molar refractivity (Wildman–Crippen MR) is 73.8 cm³/mol. The highest BCUT2D eigenvalue weighted by molar-refractivity contribution is 6.33. The van der Waals surface area contributed by atoms with Gasteiger partial charge < -0.3 is 14.8 Å². The highest BCUT2D eigenvalue weighted by Gasteiger charge is 2.09. The zero-order valence-electron chi connectivity index (χ0n) is 10.6. The highest BCUT2D eigenvalue weighted by atomic mass is 35.5. The van der Waals surface area contributed by atoms with Crippen molar-refractivity contribution < 1.29 is 9.47 Å². The summed E-state index contributed by atoms with van der Waals surface area (Å²) in [5.41, 5.74) is 0.921. The first-order chi connectivity index (χ1) is 8.79. The molecule has 0 atom stereocenters. The first-order valence-corrected chi connectivity index (χ1v) is 6.55. The lowest BCUT2D eigenvalue weighted by Crippen LogP contribution is -2.39. The van der Waals surface area contributed by atoms with Gasteiger partial charge in [-0.2, -0.15) is 0 Å². The van der Waals surface area contributed by atoms with Crippen molar-refractivity contribution in [1.29, 1.82) is 0 Å². The third-order valence-corrected chi connectivity index (χ3v) is 3.35. The molecule has 1 aliphatic rings. The van der Waals surface area contributed by atoms with Gasteiger partial charge in [0.1, 0.15) is 5.75 Å². The molecule has 0 unspecified atom stereocenters. The van der Waals surface area contributed by atoms with Crippen LogP contribution in [0, 0.1) is 0 Å². The van der Waals surface area contributed by atoms with Crippen molar-refractivity contribution in [2.24, 2.45) is 0 Å². The number of anilines is 1. The third kappa shape index (κ3) is 3.77. The Morgan fingerprint density at radius 2 is 2.17 bits per heavy atom. The number of hydrogen-bond acceptors (Lipinski definition) is 4. The number of hydrogen-bond donors (Lipinski definition) is 1. The van der Waals surface area contributed by atoms with E-state index in [-0.39, 0.29) is 0 Å². The van der Waals surface area contributed by atoms with Crippen LogP contribution in [0.4, 0.5) is 5.69 Å². The van der Waals surface area contributed by atoms with Crippen molar-refractivity contribution in [2.75, 3.05) is 51.8 Å². The van der Waals surface area contributed by atoms with Crippen molar-refractivity contribution in [3.8, 4) is 5.75 Å². The second-order valence-electron chi connectivity index (χ2n) is 4.23. The minimum atomic E-state index is 0.720. The maximum atomic E-state index is 6.12. The normalized spacial score (nSPS) is 16.6. The summed E-state index contributed by atoms with van der Waals surface area (Å²) in [6.07, 6.45) is 0. The largest absolute Gasteiger partial charge is 0.497 e. The van der Waals surface area contributed by atoms with Crippen LogP contribution in [0.1, 0.15) is 0 Å². The molecule has 2 rings (SSSR count). The molecular weight excluding hydrogens is 252 g/mol. The molecule has 1 aliphatic heterocycles. The molecule has 0 saturated carbocycles. The van der Waals surface area contributed by atoms with Gasteiger partial charge in [0.25, 0.3) is 0 Å². The van der Waals surface area contributed by atoms with Gasteiger partial charge in [0.2, 0.25) is 0 Å². The smallest absolute Gasteiger partial charge is 0.121 e. The first kappa shape index (κ1) is 13.5. The summed E-state index contributed by atoms with van der Waals surface area (Å²) in [6, 6.07) is 5.62. The zero-order valence-corrected chi connectivity index (χ0v) is 11.4. The molecule has 1 heterocycles. The lowest BCUT2D eigenvalue weighted by molar-refractivity contribution is 0.0398. The van der Waals surface area contributed by atoms with E-state index >= 15 is 0 Å². The Balaban J connectivity index is 1.81. The predicted octanol–water partition coefficient (Wildman–Crippen LogP) is 2.09. The van der Waals surface area contributed by atoms with Crippen LogP contribution in [0.15, 0.2) is 18.2 Å². The van der Waals surface area contributed by atoms with Crippen LogP contribution >= 0.6 is 11.6 Å². The van der Waals surface area contributed by atoms with Gasteiger partial charge in [-0.3, -0.25) is 4.90 Å². The molecule has 18 heavy (non-hydrogen) atoms. The summed E-state index contributed by atoms with van der Waals surface area (Å²) in [5, 5.41) is 4.06. The number of ether oxygens (including phenoxy) is 2. The average Bonchev–Trinajstić information content (AvgIpc) is 2.42. The summed E-state index contributed by atoms with van der Waals surface area (Å²) in [7, 11) is 1.65. The molecule has 5 heteroatoms. The Morgan fingerprint density at radius 1 is 1.39 bits per heavy atom. The lowest BCUT2D eigenvalue weighted by atomic mass is 10.3. The molecule has 0 aromatic heterocycles. The van der Waals surface area contributed by atoms with Gasteiger partial charge in [0, 0.05) is 32.2 Å². The fraction of sp³-hybridized carbons (Fsp3) is 0.538. The van der Waals surface area contributed by atoms with Crippen LogP contribution in [0.3, 0.4) is 0 Å². The van der Waals surface area contributed by atoms with E-state index < -0.39 is 0 Å². The van der Waals surface area contributed by atoms with E-state index in [2.05, 4.69) is 10.2 Å². The van der Waals surface area contributed by atoms with Crippen molar-refractivity contribution in [2.45, 2.75) is 0 Å². The number of halogens is 1. The van der Waals surface area contributed by atoms with Gasteiger partial charge in [-0.1, -0.05) is 11.6 Å². The van der Waals surface area contributed by atoms with Crippen molar-refractivity contribution in [1.82, 2.24) is 4.90 Å². The average molecular weight is 271 g/mol. The summed E-state index contributed by atoms with van der Waals surface area (Å²) >= 11 is 6.12. The minimum absolute atomic E-state index is 0.720. The Bertz CT molecular complexity index is 381. The molecule has 0 aliphatic carbocycles. The van der Waals surface area contributed by atoms with Crippen LogP contribution in [0.5, 0.6) is 5.75 Å². The van der Waals surface area contributed by atoms with E-state index in [1.807, 2.05) is 18.2 Å². The molecule has 4 nitrogen and oxygen atoms in total. The fourth-order valence-corrected chi connectivity index (χ4v) is 2.12. The molecule has 1 fully saturated rings. The third-order valence-electron chi connectivity index (χ3n) is 3.02. The molecule has 1 aromatic carbocycles. The first-order valence-electron chi connectivity index (χ1n) is 6.17. The number of rotatable bonds is 5. The lowest BCUT2D eigenvalue weighted by Gasteiger charge is -2.26. The van der Waals surface area contributed by atoms with Gasteiger partial charge in [-0.25, -0.2) is 0 Å². The van der Waals surface area contributed by atoms with Gasteiger partial charge in [0.15, 0.2) is 0 Å². The van der Waals surface area contributed by atoms with E-state index in [1.165, 1.54) is 0 Å². The van der Waals surface area contributed by atoms with Crippen LogP contribution in [0.25, 0.3) is 0 Å². The maximum Gasteiger partial charge on any atom is 0.121 e. The minimum Gasteiger partial charge on any atom is -0.497 e. The molecule has 0 amide bonds. The molecule has 1 N–H and O–H groups in total. The summed E-state index contributed by atoms with van der Waals surface area (Å²) < 4.78 is 10.5. The van der Waals surface area contributed by atoms with Crippen molar-refractivity contribution >= 4 is 17.3 Å². The summed E-state index contributed by atoms with van der Waals surface area (Å²) in [5.74, 6) is 0.813. The fourth-order valence-electron chi connectivity index (χ4n) is 1.94. The Hall–Kier alpha value is -0.970. The van der Waals surface area contributed by atoms with Crippen LogP contribution < -0.4 is 10.1 Å². The summed E-state index contributed by atoms with van der Waals surface area (Å²) in [4.78, 5) is 2.38.